The van der Waals surface area contributed by atoms with Gasteiger partial charge in [-0.2, -0.15) is 0 Å². The van der Waals surface area contributed by atoms with Crippen molar-refractivity contribution in [1.29, 1.82) is 0 Å². The molecule has 1 unspecified atom stereocenters. The van der Waals surface area contributed by atoms with E-state index >= 15 is 0 Å². The van der Waals surface area contributed by atoms with Gasteiger partial charge in [0.1, 0.15) is 11.6 Å². The number of aryl methyl sites for hydroxylation is 3. The van der Waals surface area contributed by atoms with Crippen LogP contribution in [0.1, 0.15) is 40.3 Å². The van der Waals surface area contributed by atoms with E-state index in [-0.39, 0.29) is 6.04 Å². The molecule has 6 heteroatoms. The summed E-state index contributed by atoms with van der Waals surface area (Å²) in [6.45, 7) is 8.81. The van der Waals surface area contributed by atoms with Crippen molar-refractivity contribution in [1.82, 2.24) is 9.97 Å². The summed E-state index contributed by atoms with van der Waals surface area (Å²) in [4.78, 5) is 15.2. The molecule has 0 saturated heterocycles. The maximum absolute atomic E-state index is 5.15. The molecule has 288 valence electrons. The molecule has 6 aromatic carbocycles. The molecule has 0 spiro atoms. The lowest BCUT2D eigenvalue weighted by molar-refractivity contribution is 0.925. The first-order valence-corrected chi connectivity index (χ1v) is 22.3. The maximum atomic E-state index is 5.15. The molecule has 12 rings (SSSR count). The highest BCUT2D eigenvalue weighted by Crippen LogP contribution is 2.53. The Balaban J connectivity index is 1.10. The first-order valence-electron chi connectivity index (χ1n) is 20.6. The third-order valence-electron chi connectivity index (χ3n) is 12.6. The second-order valence-electron chi connectivity index (χ2n) is 16.4. The molecule has 0 bridgehead atoms. The number of aromatic nitrogens is 2. The standard InChI is InChI=1S/C54H40N4S2/c1-31-19-25-49(55-29-31)57(43-15-9-13-39-37-11-5-7-17-47(37)59-53(39)43)45-27-33(3)35-22-24-42-46(28-34(4)36-21-23-41(45)51(35)52(36)42)58(50-26-20-32(2)30-56-50)44-16-10-14-40-38-12-6-8-18-48(38)60-54(40)44/h5-21,23-30,46H,22H2,1-4H3. The summed E-state index contributed by atoms with van der Waals surface area (Å²) in [6, 6.07) is 46.9. The molecule has 0 amide bonds. The van der Waals surface area contributed by atoms with E-state index in [1.165, 1.54) is 90.2 Å². The van der Waals surface area contributed by atoms with Crippen molar-refractivity contribution in [3.8, 4) is 0 Å². The lowest BCUT2D eigenvalue weighted by atomic mass is 9.75. The number of nitrogens with zero attached hydrogens (tertiary/aromatic N) is 4. The predicted octanol–water partition coefficient (Wildman–Crippen LogP) is 15.3. The molecule has 4 aromatic heterocycles. The summed E-state index contributed by atoms with van der Waals surface area (Å²) >= 11 is 3.74. The van der Waals surface area contributed by atoms with Crippen LogP contribution in [0, 0.1) is 20.8 Å². The quantitative estimate of drug-likeness (QED) is 0.167. The smallest absolute Gasteiger partial charge is 0.137 e. The zero-order valence-corrected chi connectivity index (χ0v) is 35.5. The van der Waals surface area contributed by atoms with Crippen LogP contribution in [0.4, 0.5) is 28.7 Å². The molecule has 60 heavy (non-hydrogen) atoms. The van der Waals surface area contributed by atoms with Crippen molar-refractivity contribution in [3.63, 3.8) is 0 Å². The molecule has 4 heterocycles. The van der Waals surface area contributed by atoms with Crippen LogP contribution in [0.3, 0.4) is 0 Å². The van der Waals surface area contributed by atoms with Crippen LogP contribution < -0.4 is 9.80 Å². The minimum atomic E-state index is -0.0756. The number of hydrogen-bond donors (Lipinski definition) is 0. The van der Waals surface area contributed by atoms with Gasteiger partial charge >= 0.3 is 0 Å². The molecule has 1 atom stereocenters. The summed E-state index contributed by atoms with van der Waals surface area (Å²) in [6.07, 6.45) is 9.83. The Hall–Kier alpha value is -6.60. The van der Waals surface area contributed by atoms with Crippen molar-refractivity contribution in [2.45, 2.75) is 40.2 Å². The molecular weight excluding hydrogens is 769 g/mol. The minimum Gasteiger partial charge on any atom is -0.314 e. The summed E-state index contributed by atoms with van der Waals surface area (Å²) in [7, 11) is 0. The van der Waals surface area contributed by atoms with Gasteiger partial charge in [-0.15, -0.1) is 22.7 Å². The van der Waals surface area contributed by atoms with Gasteiger partial charge in [-0.05, 0) is 126 Å². The van der Waals surface area contributed by atoms with Gasteiger partial charge in [0.05, 0.1) is 32.5 Å². The number of hydrogen-bond acceptors (Lipinski definition) is 6. The molecule has 0 N–H and O–H groups in total. The number of benzene rings is 6. The average Bonchev–Trinajstić information content (AvgIpc) is 3.86. The number of anilines is 5. The van der Waals surface area contributed by atoms with Gasteiger partial charge in [0.2, 0.25) is 0 Å². The van der Waals surface area contributed by atoms with E-state index in [2.05, 4.69) is 177 Å². The molecule has 10 aromatic rings. The van der Waals surface area contributed by atoms with Crippen molar-refractivity contribution >= 4 is 114 Å². The van der Waals surface area contributed by atoms with Crippen LogP contribution in [0.2, 0.25) is 0 Å². The van der Waals surface area contributed by atoms with E-state index in [0.717, 1.165) is 40.6 Å². The van der Waals surface area contributed by atoms with Crippen LogP contribution in [0.25, 0.3) is 62.3 Å². The van der Waals surface area contributed by atoms with Gasteiger partial charge in [0.15, 0.2) is 0 Å². The summed E-state index contributed by atoms with van der Waals surface area (Å²) in [5.41, 5.74) is 13.7. The van der Waals surface area contributed by atoms with Crippen LogP contribution >= 0.6 is 22.7 Å². The Morgan fingerprint density at radius 1 is 0.567 bits per heavy atom. The third kappa shape index (κ3) is 5.27. The molecule has 2 aliphatic rings. The molecule has 0 radical (unpaired) electrons. The van der Waals surface area contributed by atoms with Crippen LogP contribution in [0.5, 0.6) is 0 Å². The second kappa shape index (κ2) is 13.5. The number of fused-ring (bicyclic) bond motifs is 6. The highest BCUT2D eigenvalue weighted by atomic mass is 32.1. The SMILES string of the molecule is CC1=CC(N(c2ccc(C)cn2)c2cccc3c2sc2ccccc23)C2=CCc3c(C)cc(N(c4ccc(C)cn4)c4cccc5c4sc4ccccc45)c4ccc1c2c34. The van der Waals surface area contributed by atoms with Gasteiger partial charge in [0, 0.05) is 48.7 Å². The van der Waals surface area contributed by atoms with E-state index in [4.69, 9.17) is 9.97 Å². The fourth-order valence-electron chi connectivity index (χ4n) is 9.80. The van der Waals surface area contributed by atoms with E-state index < -0.39 is 0 Å². The molecule has 0 saturated carbocycles. The monoisotopic (exact) mass is 808 g/mol. The lowest BCUT2D eigenvalue weighted by Gasteiger charge is -2.39. The van der Waals surface area contributed by atoms with Gasteiger partial charge in [-0.25, -0.2) is 9.97 Å². The third-order valence-corrected chi connectivity index (χ3v) is 15.1. The topological polar surface area (TPSA) is 32.3 Å². The van der Waals surface area contributed by atoms with E-state index in [9.17, 15) is 0 Å². The Morgan fingerprint density at radius 3 is 1.85 bits per heavy atom. The van der Waals surface area contributed by atoms with Gasteiger partial charge in [-0.3, -0.25) is 4.90 Å². The normalized spacial score (nSPS) is 14.6. The maximum Gasteiger partial charge on any atom is 0.137 e. The highest BCUT2D eigenvalue weighted by molar-refractivity contribution is 7.26. The van der Waals surface area contributed by atoms with Crippen LogP contribution in [-0.2, 0) is 6.42 Å². The van der Waals surface area contributed by atoms with Gasteiger partial charge < -0.3 is 4.90 Å². The predicted molar refractivity (Wildman–Crippen MR) is 258 cm³/mol. The fraction of sp³-hybridized carbons (Fsp3) is 0.111. The van der Waals surface area contributed by atoms with E-state index in [1.807, 2.05) is 35.1 Å². The Morgan fingerprint density at radius 2 is 1.18 bits per heavy atom. The Kier molecular flexibility index (Phi) is 7.93. The van der Waals surface area contributed by atoms with E-state index in [0.29, 0.717) is 0 Å². The van der Waals surface area contributed by atoms with Gasteiger partial charge in [-0.1, -0.05) is 97.1 Å². The number of pyridine rings is 2. The highest BCUT2D eigenvalue weighted by Gasteiger charge is 2.35. The fourth-order valence-corrected chi connectivity index (χ4v) is 12.2. The van der Waals surface area contributed by atoms with Crippen LogP contribution in [0.15, 0.2) is 152 Å². The van der Waals surface area contributed by atoms with Crippen molar-refractivity contribution in [3.05, 3.63) is 185 Å². The van der Waals surface area contributed by atoms with Crippen molar-refractivity contribution < 1.29 is 0 Å². The summed E-state index contributed by atoms with van der Waals surface area (Å²) in [5.74, 6) is 1.85. The summed E-state index contributed by atoms with van der Waals surface area (Å²) < 4.78 is 5.13. The first kappa shape index (κ1) is 35.4. The van der Waals surface area contributed by atoms with Crippen molar-refractivity contribution in [2.75, 3.05) is 9.80 Å². The molecule has 0 aliphatic heterocycles. The Labute approximate surface area is 357 Å². The first-order chi connectivity index (χ1) is 29.4. The van der Waals surface area contributed by atoms with Crippen LogP contribution in [-0.4, -0.2) is 16.0 Å². The lowest BCUT2D eigenvalue weighted by Crippen LogP contribution is -2.34. The largest absolute Gasteiger partial charge is 0.314 e. The zero-order valence-electron chi connectivity index (χ0n) is 33.8. The second-order valence-corrected chi connectivity index (χ2v) is 18.5. The van der Waals surface area contributed by atoms with E-state index in [1.54, 1.807) is 0 Å². The number of rotatable bonds is 6. The summed E-state index contributed by atoms with van der Waals surface area (Å²) in [5, 5.41) is 7.72. The molecule has 2 aliphatic carbocycles. The number of thiophene rings is 2. The molecule has 4 nitrogen and oxygen atoms in total. The van der Waals surface area contributed by atoms with Crippen molar-refractivity contribution in [2.24, 2.45) is 0 Å². The molecule has 0 fully saturated rings. The zero-order chi connectivity index (χ0) is 40.2. The molecular formula is C54H40N4S2. The minimum absolute atomic E-state index is 0.0756. The number of allylic oxidation sites excluding steroid dienone is 2. The average molecular weight is 809 g/mol. The van der Waals surface area contributed by atoms with Gasteiger partial charge in [0.25, 0.3) is 0 Å². The Bertz CT molecular complexity index is 3460.